The number of nitrogens with zero attached hydrogens (tertiary/aromatic N) is 4. The van der Waals surface area contributed by atoms with Gasteiger partial charge in [-0.2, -0.15) is 5.10 Å². The van der Waals surface area contributed by atoms with Gasteiger partial charge in [0.15, 0.2) is 23.1 Å². The zero-order valence-electron chi connectivity index (χ0n) is 15.1. The second-order valence-corrected chi connectivity index (χ2v) is 6.93. The van der Waals surface area contributed by atoms with Crippen molar-refractivity contribution >= 4 is 39.6 Å². The van der Waals surface area contributed by atoms with Crippen LogP contribution in [0, 0.1) is 11.6 Å². The molecular weight excluding hydrogens is 416 g/mol. The van der Waals surface area contributed by atoms with Crippen molar-refractivity contribution in [2.45, 2.75) is 0 Å². The lowest BCUT2D eigenvalue weighted by Crippen LogP contribution is -2.19. The van der Waals surface area contributed by atoms with Crippen LogP contribution in [0.2, 0.25) is 0 Å². The number of amides is 1. The van der Waals surface area contributed by atoms with Gasteiger partial charge in [0, 0.05) is 18.0 Å². The van der Waals surface area contributed by atoms with E-state index >= 15 is 0 Å². The van der Waals surface area contributed by atoms with Crippen molar-refractivity contribution in [1.29, 1.82) is 0 Å². The maximum atomic E-state index is 14.2. The molecule has 0 spiro atoms. The smallest absolute Gasteiger partial charge is 0.261 e. The molecule has 1 amide bonds. The molecule has 0 aliphatic rings. The summed E-state index contributed by atoms with van der Waals surface area (Å²) in [5.74, 6) is -2.98. The lowest BCUT2D eigenvalue weighted by molar-refractivity contribution is 0.102. The molecule has 0 saturated heterocycles. The Morgan fingerprint density at radius 3 is 2.37 bits per heavy atom. The maximum Gasteiger partial charge on any atom is 0.261 e. The number of hydrogen-bond donors (Lipinski definition) is 2. The number of para-hydroxylation sites is 2. The number of benzene rings is 2. The Bertz CT molecular complexity index is 1300. The highest BCUT2D eigenvalue weighted by atomic mass is 32.2. The van der Waals surface area contributed by atoms with Gasteiger partial charge in [0.05, 0.1) is 6.20 Å². The molecule has 0 aliphatic carbocycles. The Labute approximate surface area is 170 Å². The van der Waals surface area contributed by atoms with Crippen LogP contribution < -0.4 is 9.62 Å². The predicted molar refractivity (Wildman–Crippen MR) is 106 cm³/mol. The predicted octanol–water partition coefficient (Wildman–Crippen LogP) is 2.92. The summed E-state index contributed by atoms with van der Waals surface area (Å²) in [6.45, 7) is 0. The van der Waals surface area contributed by atoms with Gasteiger partial charge in [-0.3, -0.25) is 4.79 Å². The molecule has 0 unspecified atom stereocenters. The molecule has 2 aromatic heterocycles. The van der Waals surface area contributed by atoms with Gasteiger partial charge >= 0.3 is 0 Å². The van der Waals surface area contributed by atoms with Crippen molar-refractivity contribution in [2.75, 3.05) is 9.62 Å². The summed E-state index contributed by atoms with van der Waals surface area (Å²) in [5.41, 5.74) is -0.189. The van der Waals surface area contributed by atoms with Crippen LogP contribution in [-0.2, 0) is 10.9 Å². The molecule has 0 radical (unpaired) electrons. The number of aromatic nitrogens is 3. The van der Waals surface area contributed by atoms with E-state index < -0.39 is 34.1 Å². The summed E-state index contributed by atoms with van der Waals surface area (Å²) >= 11 is 0. The molecular formula is C19H13F2N5O3S. The molecule has 0 aliphatic heterocycles. The third kappa shape index (κ3) is 3.57. The van der Waals surface area contributed by atoms with Crippen LogP contribution in [0.3, 0.4) is 0 Å². The van der Waals surface area contributed by atoms with Gasteiger partial charge in [-0.25, -0.2) is 31.0 Å². The molecule has 152 valence electrons. The number of fused-ring (bicyclic) bond motifs is 1. The van der Waals surface area contributed by atoms with E-state index in [9.17, 15) is 22.0 Å². The molecule has 4 rings (SSSR count). The fourth-order valence-electron chi connectivity index (χ4n) is 2.83. The summed E-state index contributed by atoms with van der Waals surface area (Å²) in [7, 11) is -3.49. The van der Waals surface area contributed by atoms with Crippen molar-refractivity contribution in [3.05, 3.63) is 84.2 Å². The van der Waals surface area contributed by atoms with Crippen molar-refractivity contribution < 1.29 is 22.0 Å². The SMILES string of the molecule is O=C(Nc1ccccc1)c1cnn2ccc(N(c3c(F)cccc3F)[SH](=O)=O)nc12. The van der Waals surface area contributed by atoms with Crippen molar-refractivity contribution in [3.63, 3.8) is 0 Å². The van der Waals surface area contributed by atoms with Crippen LogP contribution in [0.25, 0.3) is 5.65 Å². The third-order valence-corrected chi connectivity index (χ3v) is 4.89. The Kier molecular flexibility index (Phi) is 5.11. The summed E-state index contributed by atoms with van der Waals surface area (Å²) in [5, 5.41) is 6.68. The average molecular weight is 429 g/mol. The molecule has 2 heterocycles. The van der Waals surface area contributed by atoms with Crippen LogP contribution >= 0.6 is 0 Å². The van der Waals surface area contributed by atoms with Crippen molar-refractivity contribution in [3.8, 4) is 0 Å². The van der Waals surface area contributed by atoms with Gasteiger partial charge < -0.3 is 5.32 Å². The van der Waals surface area contributed by atoms with Crippen LogP contribution in [0.15, 0.2) is 67.0 Å². The molecule has 0 fully saturated rings. The van der Waals surface area contributed by atoms with Gasteiger partial charge in [0.25, 0.3) is 5.91 Å². The highest BCUT2D eigenvalue weighted by Gasteiger charge is 2.23. The molecule has 8 nitrogen and oxygen atoms in total. The zero-order chi connectivity index (χ0) is 21.3. The number of nitrogens with one attached hydrogen (secondary N) is 1. The third-order valence-electron chi connectivity index (χ3n) is 4.16. The Hall–Kier alpha value is -3.86. The number of hydrogen-bond acceptors (Lipinski definition) is 5. The van der Waals surface area contributed by atoms with Gasteiger partial charge in [-0.1, -0.05) is 24.3 Å². The molecule has 2 aromatic carbocycles. The first-order valence-electron chi connectivity index (χ1n) is 8.55. The second kappa shape index (κ2) is 7.87. The average Bonchev–Trinajstić information content (AvgIpc) is 3.14. The number of carbonyl (C=O) groups is 1. The standard InChI is InChI=1S/C19H13F2N5O3S/c20-14-7-4-8-15(21)17(14)26(30(28)29)16-9-10-25-18(24-16)13(11-22-25)19(27)23-12-5-2-1-3-6-12/h1-11,30H,(H,23,27). The normalized spacial score (nSPS) is 11.0. The molecule has 0 bridgehead atoms. The van der Waals surface area contributed by atoms with E-state index in [4.69, 9.17) is 0 Å². The maximum absolute atomic E-state index is 14.2. The minimum Gasteiger partial charge on any atom is -0.322 e. The first-order chi connectivity index (χ1) is 14.5. The number of rotatable bonds is 5. The van der Waals surface area contributed by atoms with Crippen LogP contribution in [0.5, 0.6) is 0 Å². The molecule has 0 atom stereocenters. The van der Waals surface area contributed by atoms with E-state index in [-0.39, 0.29) is 17.0 Å². The Morgan fingerprint density at radius 2 is 1.70 bits per heavy atom. The molecule has 11 heteroatoms. The van der Waals surface area contributed by atoms with E-state index in [1.807, 2.05) is 0 Å². The first kappa shape index (κ1) is 19.5. The zero-order valence-corrected chi connectivity index (χ0v) is 16.0. The van der Waals surface area contributed by atoms with Crippen LogP contribution in [0.4, 0.5) is 26.0 Å². The van der Waals surface area contributed by atoms with Gasteiger partial charge in [-0.15, -0.1) is 0 Å². The number of carbonyl (C=O) groups excluding carboxylic acids is 1. The van der Waals surface area contributed by atoms with E-state index in [0.717, 1.165) is 18.2 Å². The summed E-state index contributed by atoms with van der Waals surface area (Å²) in [4.78, 5) is 16.8. The summed E-state index contributed by atoms with van der Waals surface area (Å²) < 4.78 is 53.7. The summed E-state index contributed by atoms with van der Waals surface area (Å²) in [6.07, 6.45) is 2.59. The first-order valence-corrected chi connectivity index (χ1v) is 9.68. The lowest BCUT2D eigenvalue weighted by Gasteiger charge is -2.18. The Morgan fingerprint density at radius 1 is 1.00 bits per heavy atom. The largest absolute Gasteiger partial charge is 0.322 e. The van der Waals surface area contributed by atoms with Gasteiger partial charge in [0.1, 0.15) is 11.3 Å². The summed E-state index contributed by atoms with van der Waals surface area (Å²) in [6, 6.07) is 12.8. The second-order valence-electron chi connectivity index (χ2n) is 6.05. The molecule has 1 N–H and O–H groups in total. The van der Waals surface area contributed by atoms with Crippen LogP contribution in [-0.4, -0.2) is 28.9 Å². The molecule has 4 aromatic rings. The van der Waals surface area contributed by atoms with E-state index in [1.165, 1.54) is 23.0 Å². The fraction of sp³-hybridized carbons (Fsp3) is 0. The molecule has 0 saturated carbocycles. The number of halogens is 2. The minimum absolute atomic E-state index is 0.0135. The van der Waals surface area contributed by atoms with Gasteiger partial charge in [0.2, 0.25) is 10.9 Å². The Balaban J connectivity index is 1.79. The quantitative estimate of drug-likeness (QED) is 0.476. The van der Waals surface area contributed by atoms with E-state index in [1.54, 1.807) is 30.3 Å². The van der Waals surface area contributed by atoms with Crippen molar-refractivity contribution in [1.82, 2.24) is 14.6 Å². The number of thiol groups is 1. The minimum atomic E-state index is -3.49. The van der Waals surface area contributed by atoms with Crippen molar-refractivity contribution in [2.24, 2.45) is 0 Å². The topological polar surface area (TPSA) is 96.7 Å². The van der Waals surface area contributed by atoms with Crippen LogP contribution in [0.1, 0.15) is 10.4 Å². The van der Waals surface area contributed by atoms with E-state index in [0.29, 0.717) is 9.99 Å². The monoisotopic (exact) mass is 429 g/mol. The van der Waals surface area contributed by atoms with Gasteiger partial charge in [-0.05, 0) is 24.3 Å². The molecule has 30 heavy (non-hydrogen) atoms. The number of anilines is 3. The highest BCUT2D eigenvalue weighted by molar-refractivity contribution is 7.74. The highest BCUT2D eigenvalue weighted by Crippen LogP contribution is 2.30. The van der Waals surface area contributed by atoms with E-state index in [2.05, 4.69) is 15.4 Å². The lowest BCUT2D eigenvalue weighted by atomic mass is 10.2. The fourth-order valence-corrected chi connectivity index (χ4v) is 3.46.